The molecule has 0 spiro atoms. The van der Waals surface area contributed by atoms with E-state index >= 15 is 0 Å². The van der Waals surface area contributed by atoms with Gasteiger partial charge in [0.2, 0.25) is 0 Å². The quantitative estimate of drug-likeness (QED) is 0.728. The Morgan fingerprint density at radius 2 is 1.94 bits per heavy atom. The number of rotatable bonds is 8. The van der Waals surface area contributed by atoms with Crippen LogP contribution in [0.1, 0.15) is 12.0 Å². The number of anilines is 1. The molecule has 0 amide bonds. The number of methoxy groups -OCH3 is 1. The molecule has 0 aliphatic rings. The van der Waals surface area contributed by atoms with E-state index in [1.54, 1.807) is 14.0 Å². The summed E-state index contributed by atoms with van der Waals surface area (Å²) >= 11 is 0. The van der Waals surface area contributed by atoms with E-state index < -0.39 is 11.6 Å². The number of nitrogens with one attached hydrogen (secondary N) is 1. The predicted molar refractivity (Wildman–Crippen MR) is 66.9 cm³/mol. The van der Waals surface area contributed by atoms with Gasteiger partial charge in [-0.3, -0.25) is 0 Å². The lowest BCUT2D eigenvalue weighted by Gasteiger charge is -2.10. The van der Waals surface area contributed by atoms with Crippen molar-refractivity contribution in [1.29, 1.82) is 0 Å². The molecule has 1 aromatic rings. The summed E-state index contributed by atoms with van der Waals surface area (Å²) in [6.45, 7) is 3.68. The van der Waals surface area contributed by atoms with E-state index in [0.29, 0.717) is 38.3 Å². The second-order valence-corrected chi connectivity index (χ2v) is 3.94. The molecule has 1 N–H and O–H groups in total. The topological polar surface area (TPSA) is 30.5 Å². The molecule has 0 heterocycles. The van der Waals surface area contributed by atoms with Gasteiger partial charge >= 0.3 is 0 Å². The smallest absolute Gasteiger partial charge is 0.152 e. The zero-order valence-corrected chi connectivity index (χ0v) is 10.8. The number of hydrogen-bond donors (Lipinski definition) is 1. The van der Waals surface area contributed by atoms with Gasteiger partial charge in [-0.05, 0) is 25.0 Å². The van der Waals surface area contributed by atoms with Gasteiger partial charge in [-0.15, -0.1) is 0 Å². The molecule has 0 radical (unpaired) electrons. The van der Waals surface area contributed by atoms with E-state index in [9.17, 15) is 8.78 Å². The van der Waals surface area contributed by atoms with Crippen LogP contribution in [0.15, 0.2) is 12.1 Å². The van der Waals surface area contributed by atoms with Gasteiger partial charge in [0.15, 0.2) is 5.82 Å². The molecule has 1 aromatic carbocycles. The van der Waals surface area contributed by atoms with Crippen LogP contribution in [-0.2, 0) is 9.47 Å². The Balaban J connectivity index is 2.29. The first kappa shape index (κ1) is 14.9. The second kappa shape index (κ2) is 8.00. The summed E-state index contributed by atoms with van der Waals surface area (Å²) in [5, 5.41) is 2.75. The largest absolute Gasteiger partial charge is 0.382 e. The molecule has 3 nitrogen and oxygen atoms in total. The number of hydrogen-bond acceptors (Lipinski definition) is 3. The number of halogens is 2. The van der Waals surface area contributed by atoms with Gasteiger partial charge in [0.05, 0.1) is 13.2 Å². The van der Waals surface area contributed by atoms with Crippen LogP contribution in [0.4, 0.5) is 14.5 Å². The highest BCUT2D eigenvalue weighted by molar-refractivity contribution is 5.48. The van der Waals surface area contributed by atoms with Crippen molar-refractivity contribution in [2.75, 3.05) is 38.8 Å². The van der Waals surface area contributed by atoms with Gasteiger partial charge in [0.25, 0.3) is 0 Å². The van der Waals surface area contributed by atoms with Crippen molar-refractivity contribution in [2.45, 2.75) is 13.3 Å². The van der Waals surface area contributed by atoms with Crippen molar-refractivity contribution in [3.05, 3.63) is 29.3 Å². The van der Waals surface area contributed by atoms with Gasteiger partial charge in [0.1, 0.15) is 11.5 Å². The zero-order valence-electron chi connectivity index (χ0n) is 10.8. The first-order chi connectivity index (χ1) is 8.66. The summed E-state index contributed by atoms with van der Waals surface area (Å²) < 4.78 is 37.0. The van der Waals surface area contributed by atoms with Crippen LogP contribution >= 0.6 is 0 Å². The Morgan fingerprint density at radius 3 is 2.67 bits per heavy atom. The predicted octanol–water partition coefficient (Wildman–Crippen LogP) is 2.74. The van der Waals surface area contributed by atoms with Gasteiger partial charge in [-0.25, -0.2) is 8.78 Å². The maximum Gasteiger partial charge on any atom is 0.152 e. The maximum absolute atomic E-state index is 13.6. The third-order valence-electron chi connectivity index (χ3n) is 2.48. The fraction of sp³-hybridized carbons (Fsp3) is 0.538. The van der Waals surface area contributed by atoms with Crippen molar-refractivity contribution in [3.8, 4) is 0 Å². The standard InChI is InChI=1S/C13H19F2NO2/c1-10-4-5-11(14)13(12(10)15)16-6-3-7-18-9-8-17-2/h4-5,16H,3,6-9H2,1-2H3. The molecule has 0 saturated heterocycles. The number of aryl methyl sites for hydroxylation is 1. The molecule has 0 aromatic heterocycles. The van der Waals surface area contributed by atoms with Crippen molar-refractivity contribution in [1.82, 2.24) is 0 Å². The Kier molecular flexibility index (Phi) is 6.60. The SMILES string of the molecule is COCCOCCCNc1c(F)ccc(C)c1F. The average Bonchev–Trinajstić information content (AvgIpc) is 2.36. The molecular formula is C13H19F2NO2. The van der Waals surface area contributed by atoms with E-state index in [4.69, 9.17) is 9.47 Å². The summed E-state index contributed by atoms with van der Waals surface area (Å²) in [5.41, 5.74) is 0.363. The normalized spacial score (nSPS) is 10.7. The average molecular weight is 259 g/mol. The van der Waals surface area contributed by atoms with Gasteiger partial charge < -0.3 is 14.8 Å². The lowest BCUT2D eigenvalue weighted by Crippen LogP contribution is -2.10. The molecule has 0 aliphatic carbocycles. The van der Waals surface area contributed by atoms with E-state index in [2.05, 4.69) is 5.32 Å². The molecule has 1 rings (SSSR count). The van der Waals surface area contributed by atoms with E-state index in [1.165, 1.54) is 12.1 Å². The van der Waals surface area contributed by atoms with Gasteiger partial charge in [-0.2, -0.15) is 0 Å². The van der Waals surface area contributed by atoms with Gasteiger partial charge in [-0.1, -0.05) is 6.07 Å². The summed E-state index contributed by atoms with van der Waals surface area (Å²) in [5.74, 6) is -1.10. The highest BCUT2D eigenvalue weighted by Gasteiger charge is 2.10. The monoisotopic (exact) mass is 259 g/mol. The number of benzene rings is 1. The lowest BCUT2D eigenvalue weighted by molar-refractivity contribution is 0.0705. The van der Waals surface area contributed by atoms with Crippen LogP contribution in [0.2, 0.25) is 0 Å². The maximum atomic E-state index is 13.6. The molecule has 18 heavy (non-hydrogen) atoms. The molecular weight excluding hydrogens is 240 g/mol. The van der Waals surface area contributed by atoms with Crippen molar-refractivity contribution in [3.63, 3.8) is 0 Å². The van der Waals surface area contributed by atoms with Crippen LogP contribution in [0, 0.1) is 18.6 Å². The van der Waals surface area contributed by atoms with Crippen molar-refractivity contribution < 1.29 is 18.3 Å². The molecule has 102 valence electrons. The lowest BCUT2D eigenvalue weighted by atomic mass is 10.2. The molecule has 0 fully saturated rings. The number of ether oxygens (including phenoxy) is 2. The van der Waals surface area contributed by atoms with Crippen molar-refractivity contribution >= 4 is 5.69 Å². The summed E-state index contributed by atoms with van der Waals surface area (Å²) in [6.07, 6.45) is 0.677. The molecule has 0 bridgehead atoms. The summed E-state index contributed by atoms with van der Waals surface area (Å²) in [7, 11) is 1.61. The molecule has 0 unspecified atom stereocenters. The molecule has 0 saturated carbocycles. The van der Waals surface area contributed by atoms with Crippen LogP contribution < -0.4 is 5.32 Å². The van der Waals surface area contributed by atoms with Gasteiger partial charge in [0, 0.05) is 20.3 Å². The zero-order chi connectivity index (χ0) is 13.4. The van der Waals surface area contributed by atoms with Crippen LogP contribution in [0.25, 0.3) is 0 Å². The minimum absolute atomic E-state index is 0.0631. The first-order valence-electron chi connectivity index (χ1n) is 5.92. The first-order valence-corrected chi connectivity index (χ1v) is 5.92. The minimum atomic E-state index is -0.571. The summed E-state index contributed by atoms with van der Waals surface area (Å²) in [6, 6.07) is 2.68. The molecule has 0 atom stereocenters. The fourth-order valence-electron chi connectivity index (χ4n) is 1.45. The second-order valence-electron chi connectivity index (χ2n) is 3.94. The van der Waals surface area contributed by atoms with Crippen molar-refractivity contribution in [2.24, 2.45) is 0 Å². The Hall–Kier alpha value is -1.20. The van der Waals surface area contributed by atoms with Crippen LogP contribution in [0.5, 0.6) is 0 Å². The molecule has 0 aliphatic heterocycles. The van der Waals surface area contributed by atoms with Crippen LogP contribution in [0.3, 0.4) is 0 Å². The Morgan fingerprint density at radius 1 is 1.17 bits per heavy atom. The van der Waals surface area contributed by atoms with E-state index in [-0.39, 0.29) is 5.69 Å². The third kappa shape index (κ3) is 4.58. The van der Waals surface area contributed by atoms with E-state index in [0.717, 1.165) is 0 Å². The highest BCUT2D eigenvalue weighted by Crippen LogP contribution is 2.21. The summed E-state index contributed by atoms with van der Waals surface area (Å²) in [4.78, 5) is 0. The van der Waals surface area contributed by atoms with E-state index in [1.807, 2.05) is 0 Å². The Bertz CT molecular complexity index is 372. The third-order valence-corrected chi connectivity index (χ3v) is 2.48. The highest BCUT2D eigenvalue weighted by atomic mass is 19.1. The fourth-order valence-corrected chi connectivity index (χ4v) is 1.45. The molecule has 5 heteroatoms. The minimum Gasteiger partial charge on any atom is -0.382 e. The Labute approximate surface area is 106 Å². The van der Waals surface area contributed by atoms with Crippen LogP contribution in [-0.4, -0.2) is 33.5 Å².